The van der Waals surface area contributed by atoms with Crippen LogP contribution in [0.3, 0.4) is 0 Å². The zero-order valence-electron chi connectivity index (χ0n) is 9.34. The van der Waals surface area contributed by atoms with Crippen LogP contribution >= 0.6 is 0 Å². The van der Waals surface area contributed by atoms with E-state index < -0.39 is 0 Å². The van der Waals surface area contributed by atoms with Gasteiger partial charge in [-0.1, -0.05) is 18.2 Å². The van der Waals surface area contributed by atoms with Crippen molar-refractivity contribution in [3.8, 4) is 22.6 Å². The maximum Gasteiger partial charge on any atom is 0.159 e. The van der Waals surface area contributed by atoms with E-state index in [0.29, 0.717) is 11.1 Å². The topological polar surface area (TPSA) is 57.5 Å². The highest BCUT2D eigenvalue weighted by atomic mass is 16.3. The molecule has 0 aromatic heterocycles. The Labute approximate surface area is 99.0 Å². The number of Topliss-reactive ketones (excluding diaryl/α,β-unsaturated/α-hetero) is 1. The van der Waals surface area contributed by atoms with Gasteiger partial charge in [-0.3, -0.25) is 4.79 Å². The van der Waals surface area contributed by atoms with Gasteiger partial charge in [-0.2, -0.15) is 0 Å². The lowest BCUT2D eigenvalue weighted by Gasteiger charge is -2.06. The SMILES string of the molecule is CC(=O)c1cccc(-c2ccc(O)cc2O)c1. The number of hydrogen-bond donors (Lipinski definition) is 2. The van der Waals surface area contributed by atoms with Gasteiger partial charge < -0.3 is 10.2 Å². The quantitative estimate of drug-likeness (QED) is 0.777. The van der Waals surface area contributed by atoms with Gasteiger partial charge in [0.2, 0.25) is 0 Å². The normalized spacial score (nSPS) is 10.2. The van der Waals surface area contributed by atoms with Crippen LogP contribution in [0.5, 0.6) is 11.5 Å². The molecule has 2 aromatic carbocycles. The second kappa shape index (κ2) is 4.29. The lowest BCUT2D eigenvalue weighted by atomic mass is 10.0. The number of ketones is 1. The van der Waals surface area contributed by atoms with E-state index in [4.69, 9.17) is 0 Å². The molecule has 2 N–H and O–H groups in total. The molecule has 0 saturated heterocycles. The van der Waals surface area contributed by atoms with E-state index in [2.05, 4.69) is 0 Å². The van der Waals surface area contributed by atoms with Gasteiger partial charge in [0.05, 0.1) is 0 Å². The Balaban J connectivity index is 2.53. The van der Waals surface area contributed by atoms with Crippen LogP contribution in [0, 0.1) is 0 Å². The van der Waals surface area contributed by atoms with Crippen molar-refractivity contribution in [1.82, 2.24) is 0 Å². The monoisotopic (exact) mass is 228 g/mol. The minimum Gasteiger partial charge on any atom is -0.508 e. The van der Waals surface area contributed by atoms with Crippen molar-refractivity contribution in [1.29, 1.82) is 0 Å². The van der Waals surface area contributed by atoms with Crippen LogP contribution in [0.15, 0.2) is 42.5 Å². The Morgan fingerprint density at radius 3 is 2.47 bits per heavy atom. The van der Waals surface area contributed by atoms with Crippen molar-refractivity contribution in [2.75, 3.05) is 0 Å². The Kier molecular flexibility index (Phi) is 2.83. The number of aromatic hydroxyl groups is 2. The van der Waals surface area contributed by atoms with Gasteiger partial charge in [-0.15, -0.1) is 0 Å². The van der Waals surface area contributed by atoms with Gasteiger partial charge in [-0.25, -0.2) is 0 Å². The molecule has 3 heteroatoms. The van der Waals surface area contributed by atoms with Crippen LogP contribution in [-0.2, 0) is 0 Å². The molecule has 0 atom stereocenters. The molecule has 2 rings (SSSR count). The number of carbonyl (C=O) groups is 1. The molecular weight excluding hydrogens is 216 g/mol. The molecule has 17 heavy (non-hydrogen) atoms. The van der Waals surface area contributed by atoms with Crippen molar-refractivity contribution in [2.45, 2.75) is 6.92 Å². The lowest BCUT2D eigenvalue weighted by molar-refractivity contribution is 0.101. The molecule has 0 aliphatic carbocycles. The number of rotatable bonds is 2. The summed E-state index contributed by atoms with van der Waals surface area (Å²) in [6.07, 6.45) is 0. The standard InChI is InChI=1S/C14H12O3/c1-9(15)10-3-2-4-11(7-10)13-6-5-12(16)8-14(13)17/h2-8,16-17H,1H3. The third kappa shape index (κ3) is 2.28. The maximum atomic E-state index is 11.3. The van der Waals surface area contributed by atoms with E-state index >= 15 is 0 Å². The van der Waals surface area contributed by atoms with Crippen molar-refractivity contribution in [3.05, 3.63) is 48.0 Å². The summed E-state index contributed by atoms with van der Waals surface area (Å²) >= 11 is 0. The van der Waals surface area contributed by atoms with Gasteiger partial charge in [0, 0.05) is 17.2 Å². The maximum absolute atomic E-state index is 11.3. The summed E-state index contributed by atoms with van der Waals surface area (Å²) in [5.41, 5.74) is 1.93. The van der Waals surface area contributed by atoms with Gasteiger partial charge >= 0.3 is 0 Å². The number of hydrogen-bond acceptors (Lipinski definition) is 3. The number of benzene rings is 2. The third-order valence-electron chi connectivity index (χ3n) is 2.56. The Hall–Kier alpha value is -2.29. The Morgan fingerprint density at radius 2 is 1.82 bits per heavy atom. The zero-order chi connectivity index (χ0) is 12.4. The fourth-order valence-electron chi connectivity index (χ4n) is 1.67. The molecule has 0 fully saturated rings. The van der Waals surface area contributed by atoms with Crippen molar-refractivity contribution < 1.29 is 15.0 Å². The molecule has 0 spiro atoms. The van der Waals surface area contributed by atoms with Crippen LogP contribution in [0.25, 0.3) is 11.1 Å². The first-order valence-corrected chi connectivity index (χ1v) is 5.21. The van der Waals surface area contributed by atoms with Crippen LogP contribution in [0.1, 0.15) is 17.3 Å². The summed E-state index contributed by atoms with van der Waals surface area (Å²) in [7, 11) is 0. The molecule has 0 saturated carbocycles. The van der Waals surface area contributed by atoms with Crippen molar-refractivity contribution in [2.24, 2.45) is 0 Å². The summed E-state index contributed by atoms with van der Waals surface area (Å²) in [5, 5.41) is 18.9. The van der Waals surface area contributed by atoms with Gasteiger partial charge in [0.25, 0.3) is 0 Å². The Morgan fingerprint density at radius 1 is 1.06 bits per heavy atom. The fourth-order valence-corrected chi connectivity index (χ4v) is 1.67. The summed E-state index contributed by atoms with van der Waals surface area (Å²) in [4.78, 5) is 11.3. The molecule has 3 nitrogen and oxygen atoms in total. The van der Waals surface area contributed by atoms with E-state index in [1.165, 1.54) is 19.1 Å². The fraction of sp³-hybridized carbons (Fsp3) is 0.0714. The van der Waals surface area contributed by atoms with Gasteiger partial charge in [0.15, 0.2) is 5.78 Å². The zero-order valence-corrected chi connectivity index (χ0v) is 9.34. The van der Waals surface area contributed by atoms with E-state index in [9.17, 15) is 15.0 Å². The highest BCUT2D eigenvalue weighted by Gasteiger charge is 2.07. The van der Waals surface area contributed by atoms with Gasteiger partial charge in [-0.05, 0) is 30.7 Å². The van der Waals surface area contributed by atoms with Gasteiger partial charge in [0.1, 0.15) is 11.5 Å². The predicted octanol–water partition coefficient (Wildman–Crippen LogP) is 2.97. The van der Waals surface area contributed by atoms with E-state index in [1.807, 2.05) is 0 Å². The molecule has 2 aromatic rings. The Bertz CT molecular complexity index is 573. The highest BCUT2D eigenvalue weighted by molar-refractivity contribution is 5.95. The predicted molar refractivity (Wildman–Crippen MR) is 65.2 cm³/mol. The third-order valence-corrected chi connectivity index (χ3v) is 2.56. The average Bonchev–Trinajstić information content (AvgIpc) is 2.29. The summed E-state index contributed by atoms with van der Waals surface area (Å²) < 4.78 is 0. The molecule has 0 radical (unpaired) electrons. The van der Waals surface area contributed by atoms with E-state index in [0.717, 1.165) is 5.56 Å². The smallest absolute Gasteiger partial charge is 0.159 e. The van der Waals surface area contributed by atoms with E-state index in [1.54, 1.807) is 30.3 Å². The second-order valence-electron chi connectivity index (χ2n) is 3.84. The average molecular weight is 228 g/mol. The van der Waals surface area contributed by atoms with Crippen LogP contribution in [-0.4, -0.2) is 16.0 Å². The van der Waals surface area contributed by atoms with Crippen molar-refractivity contribution in [3.63, 3.8) is 0 Å². The molecule has 0 aliphatic rings. The molecule has 86 valence electrons. The number of carbonyl (C=O) groups excluding carboxylic acids is 1. The molecule has 0 aliphatic heterocycles. The first kappa shape index (κ1) is 11.2. The first-order chi connectivity index (χ1) is 8.08. The number of phenolic OH excluding ortho intramolecular Hbond substituents is 2. The molecule has 0 unspecified atom stereocenters. The van der Waals surface area contributed by atoms with E-state index in [-0.39, 0.29) is 17.3 Å². The summed E-state index contributed by atoms with van der Waals surface area (Å²) in [5.74, 6) is -0.0233. The summed E-state index contributed by atoms with van der Waals surface area (Å²) in [6.45, 7) is 1.50. The minimum atomic E-state index is -0.0230. The summed E-state index contributed by atoms with van der Waals surface area (Å²) in [6, 6.07) is 11.4. The number of phenols is 2. The van der Waals surface area contributed by atoms with Crippen LogP contribution in [0.4, 0.5) is 0 Å². The van der Waals surface area contributed by atoms with Crippen LogP contribution in [0.2, 0.25) is 0 Å². The highest BCUT2D eigenvalue weighted by Crippen LogP contribution is 2.32. The molecule has 0 bridgehead atoms. The first-order valence-electron chi connectivity index (χ1n) is 5.21. The molecule has 0 heterocycles. The second-order valence-corrected chi connectivity index (χ2v) is 3.84. The molecule has 0 amide bonds. The lowest BCUT2D eigenvalue weighted by Crippen LogP contribution is -1.91. The van der Waals surface area contributed by atoms with Crippen LogP contribution < -0.4 is 0 Å². The largest absolute Gasteiger partial charge is 0.508 e. The minimum absolute atomic E-state index is 0.00831. The van der Waals surface area contributed by atoms with Crippen molar-refractivity contribution >= 4 is 5.78 Å². The molecular formula is C14H12O3.